The van der Waals surface area contributed by atoms with Crippen LogP contribution in [0.4, 0.5) is 11.4 Å². The third kappa shape index (κ3) is 5.77. The zero-order valence-corrected chi connectivity index (χ0v) is 15.9. The maximum Gasteiger partial charge on any atom is 0.193 e. The minimum atomic E-state index is -0.107. The van der Waals surface area contributed by atoms with Gasteiger partial charge in [0.25, 0.3) is 0 Å². The Morgan fingerprint density at radius 2 is 0.857 bits per heavy atom. The Balaban J connectivity index is 2.12. The number of ketones is 1. The number of hydrogen-bond donors (Lipinski definition) is 4. The largest absolute Gasteiger partial charge is 0.395 e. The van der Waals surface area contributed by atoms with Gasteiger partial charge in [-0.15, -0.1) is 0 Å². The fourth-order valence-corrected chi connectivity index (χ4v) is 3.04. The minimum absolute atomic E-state index is 0.0173. The van der Waals surface area contributed by atoms with Crippen molar-refractivity contribution in [2.45, 2.75) is 0 Å². The van der Waals surface area contributed by atoms with Crippen LogP contribution in [-0.2, 0) is 0 Å². The number of nitrogens with zero attached hydrogens (tertiary/aromatic N) is 2. The molecule has 0 saturated heterocycles. The molecule has 0 aromatic heterocycles. The smallest absolute Gasteiger partial charge is 0.193 e. The molecule has 0 bridgehead atoms. The van der Waals surface area contributed by atoms with E-state index in [1.165, 1.54) is 0 Å². The Labute approximate surface area is 165 Å². The normalized spacial score (nSPS) is 10.7. The van der Waals surface area contributed by atoms with E-state index < -0.39 is 0 Å². The van der Waals surface area contributed by atoms with Gasteiger partial charge in [0, 0.05) is 48.7 Å². The van der Waals surface area contributed by atoms with Gasteiger partial charge in [-0.05, 0) is 48.5 Å². The van der Waals surface area contributed by atoms with Crippen molar-refractivity contribution in [1.82, 2.24) is 0 Å². The molecule has 0 spiro atoms. The van der Waals surface area contributed by atoms with Crippen LogP contribution in [0.3, 0.4) is 0 Å². The van der Waals surface area contributed by atoms with Crippen molar-refractivity contribution in [3.05, 3.63) is 59.7 Å². The number of carbonyl (C=O) groups is 1. The average molecular weight is 388 g/mol. The zero-order valence-electron chi connectivity index (χ0n) is 15.9. The van der Waals surface area contributed by atoms with Gasteiger partial charge in [-0.1, -0.05) is 0 Å². The quantitative estimate of drug-likeness (QED) is 0.393. The summed E-state index contributed by atoms with van der Waals surface area (Å²) in [6, 6.07) is 14.1. The molecule has 2 aromatic carbocycles. The van der Waals surface area contributed by atoms with E-state index in [1.54, 1.807) is 48.5 Å². The Morgan fingerprint density at radius 3 is 1.11 bits per heavy atom. The predicted molar refractivity (Wildman–Crippen MR) is 109 cm³/mol. The minimum Gasteiger partial charge on any atom is -0.395 e. The molecule has 0 aliphatic heterocycles. The second kappa shape index (κ2) is 11.4. The second-order valence-electron chi connectivity index (χ2n) is 6.29. The summed E-state index contributed by atoms with van der Waals surface area (Å²) >= 11 is 0. The first-order valence-corrected chi connectivity index (χ1v) is 9.32. The first kappa shape index (κ1) is 21.8. The van der Waals surface area contributed by atoms with Gasteiger partial charge in [-0.3, -0.25) is 4.79 Å². The third-order valence-electron chi connectivity index (χ3n) is 4.47. The van der Waals surface area contributed by atoms with Gasteiger partial charge >= 0.3 is 0 Å². The average Bonchev–Trinajstić information content (AvgIpc) is 2.73. The van der Waals surface area contributed by atoms with Gasteiger partial charge in [-0.25, -0.2) is 0 Å². The molecule has 152 valence electrons. The topological polar surface area (TPSA) is 104 Å². The summed E-state index contributed by atoms with van der Waals surface area (Å²) in [5.74, 6) is -0.107. The molecule has 4 N–H and O–H groups in total. The molecular weight excluding hydrogens is 360 g/mol. The van der Waals surface area contributed by atoms with E-state index in [0.717, 1.165) is 11.4 Å². The molecule has 0 aliphatic rings. The van der Waals surface area contributed by atoms with E-state index in [4.69, 9.17) is 20.4 Å². The number of anilines is 2. The summed E-state index contributed by atoms with van der Waals surface area (Å²) in [6.07, 6.45) is 0. The fraction of sp³-hybridized carbons (Fsp3) is 0.381. The van der Waals surface area contributed by atoms with Crippen LogP contribution in [-0.4, -0.2) is 78.8 Å². The molecule has 0 fully saturated rings. The van der Waals surface area contributed by atoms with Crippen molar-refractivity contribution < 1.29 is 25.2 Å². The Bertz CT molecular complexity index is 645. The van der Waals surface area contributed by atoms with Gasteiger partial charge in [0.1, 0.15) is 0 Å². The van der Waals surface area contributed by atoms with E-state index >= 15 is 0 Å². The lowest BCUT2D eigenvalue weighted by Crippen LogP contribution is -2.29. The van der Waals surface area contributed by atoms with Crippen LogP contribution in [0.1, 0.15) is 15.9 Å². The first-order chi connectivity index (χ1) is 13.6. The standard InChI is InChI=1S/C21H28N2O5/c24-13-9-22(10-14-25)19-5-1-17(2-6-19)21(28)18-3-7-20(8-4-18)23(11-15-26)12-16-27/h1-8,24-27H,9-16H2. The maximum atomic E-state index is 12.7. The van der Waals surface area contributed by atoms with Crippen LogP contribution >= 0.6 is 0 Å². The van der Waals surface area contributed by atoms with Crippen molar-refractivity contribution in [1.29, 1.82) is 0 Å². The molecule has 0 amide bonds. The van der Waals surface area contributed by atoms with Gasteiger partial charge in [0.05, 0.1) is 26.4 Å². The number of carbonyl (C=O) groups excluding carboxylic acids is 1. The van der Waals surface area contributed by atoms with Crippen molar-refractivity contribution in [3.63, 3.8) is 0 Å². The summed E-state index contributed by atoms with van der Waals surface area (Å²) in [5.41, 5.74) is 2.76. The summed E-state index contributed by atoms with van der Waals surface area (Å²) in [6.45, 7) is 1.57. The van der Waals surface area contributed by atoms with Crippen LogP contribution in [0.15, 0.2) is 48.5 Å². The van der Waals surface area contributed by atoms with Crippen LogP contribution in [0.2, 0.25) is 0 Å². The van der Waals surface area contributed by atoms with E-state index in [9.17, 15) is 4.79 Å². The van der Waals surface area contributed by atoms with E-state index in [2.05, 4.69) is 0 Å². The van der Waals surface area contributed by atoms with Gasteiger partial charge in [0.2, 0.25) is 0 Å². The van der Waals surface area contributed by atoms with Gasteiger partial charge in [0.15, 0.2) is 5.78 Å². The SMILES string of the molecule is O=C(c1ccc(N(CCO)CCO)cc1)c1ccc(N(CCO)CCO)cc1. The Kier molecular flexibility index (Phi) is 8.90. The number of rotatable bonds is 12. The molecule has 0 unspecified atom stereocenters. The molecule has 0 saturated carbocycles. The number of benzene rings is 2. The van der Waals surface area contributed by atoms with Crippen molar-refractivity contribution in [3.8, 4) is 0 Å². The number of hydrogen-bond acceptors (Lipinski definition) is 7. The number of aliphatic hydroxyl groups is 4. The molecule has 0 heterocycles. The monoisotopic (exact) mass is 388 g/mol. The van der Waals surface area contributed by atoms with Crippen molar-refractivity contribution in [2.75, 3.05) is 62.4 Å². The van der Waals surface area contributed by atoms with Gasteiger partial charge < -0.3 is 30.2 Å². The molecule has 0 aliphatic carbocycles. The summed E-state index contributed by atoms with van der Waals surface area (Å²) in [7, 11) is 0. The molecule has 2 aromatic rings. The highest BCUT2D eigenvalue weighted by molar-refractivity contribution is 6.09. The highest BCUT2D eigenvalue weighted by atomic mass is 16.3. The van der Waals surface area contributed by atoms with Gasteiger partial charge in [-0.2, -0.15) is 0 Å². The summed E-state index contributed by atoms with van der Waals surface area (Å²) in [4.78, 5) is 16.4. The van der Waals surface area contributed by atoms with Crippen molar-refractivity contribution in [2.24, 2.45) is 0 Å². The van der Waals surface area contributed by atoms with E-state index in [0.29, 0.717) is 37.3 Å². The molecule has 0 radical (unpaired) electrons. The zero-order chi connectivity index (χ0) is 20.4. The molecule has 7 nitrogen and oxygen atoms in total. The van der Waals surface area contributed by atoms with E-state index in [-0.39, 0.29) is 32.2 Å². The molecule has 7 heteroatoms. The van der Waals surface area contributed by atoms with Crippen LogP contribution in [0.5, 0.6) is 0 Å². The molecule has 2 rings (SSSR count). The summed E-state index contributed by atoms with van der Waals surface area (Å²) in [5, 5.41) is 36.5. The highest BCUT2D eigenvalue weighted by Crippen LogP contribution is 2.20. The fourth-order valence-electron chi connectivity index (χ4n) is 3.04. The molecule has 28 heavy (non-hydrogen) atoms. The van der Waals surface area contributed by atoms with Crippen LogP contribution < -0.4 is 9.80 Å². The van der Waals surface area contributed by atoms with E-state index in [1.807, 2.05) is 9.80 Å². The lowest BCUT2D eigenvalue weighted by atomic mass is 10.0. The molecular formula is C21H28N2O5. The predicted octanol–water partition coefficient (Wildman–Crippen LogP) is 0.500. The molecule has 0 atom stereocenters. The van der Waals surface area contributed by atoms with Crippen LogP contribution in [0, 0.1) is 0 Å². The summed E-state index contributed by atoms with van der Waals surface area (Å²) < 4.78 is 0. The lowest BCUT2D eigenvalue weighted by molar-refractivity contribution is 0.103. The lowest BCUT2D eigenvalue weighted by Gasteiger charge is -2.23. The first-order valence-electron chi connectivity index (χ1n) is 9.32. The second-order valence-corrected chi connectivity index (χ2v) is 6.29. The van der Waals surface area contributed by atoms with Crippen molar-refractivity contribution >= 4 is 17.2 Å². The Hall–Kier alpha value is -2.45. The van der Waals surface area contributed by atoms with Crippen LogP contribution in [0.25, 0.3) is 0 Å². The third-order valence-corrected chi connectivity index (χ3v) is 4.47. The highest BCUT2D eigenvalue weighted by Gasteiger charge is 2.12. The Morgan fingerprint density at radius 1 is 0.571 bits per heavy atom. The maximum absolute atomic E-state index is 12.7. The number of aliphatic hydroxyl groups excluding tert-OH is 4.